The SMILES string of the molecule is C[Si](C)(C)CCOCOCCc1ccc(OCOCC[Si](C)(C)C)cc1. The van der Waals surface area contributed by atoms with Gasteiger partial charge < -0.3 is 18.9 Å². The first kappa shape index (κ1) is 23.4. The van der Waals surface area contributed by atoms with E-state index in [0.717, 1.165) is 31.4 Å². The van der Waals surface area contributed by atoms with Gasteiger partial charge in [0.25, 0.3) is 0 Å². The van der Waals surface area contributed by atoms with Gasteiger partial charge in [0.05, 0.1) is 6.61 Å². The van der Waals surface area contributed by atoms with Crippen molar-refractivity contribution in [1.82, 2.24) is 0 Å². The smallest absolute Gasteiger partial charge is 0.189 e. The van der Waals surface area contributed by atoms with Crippen molar-refractivity contribution >= 4 is 16.1 Å². The molecular weight excluding hydrogens is 360 g/mol. The van der Waals surface area contributed by atoms with Gasteiger partial charge in [0.2, 0.25) is 0 Å². The molecule has 0 amide bonds. The summed E-state index contributed by atoms with van der Waals surface area (Å²) in [6, 6.07) is 10.5. The molecule has 0 aromatic heterocycles. The molecule has 26 heavy (non-hydrogen) atoms. The van der Waals surface area contributed by atoms with Gasteiger partial charge in [-0.05, 0) is 36.2 Å². The fourth-order valence-electron chi connectivity index (χ4n) is 2.04. The molecule has 150 valence electrons. The van der Waals surface area contributed by atoms with Crippen LogP contribution in [0.2, 0.25) is 51.4 Å². The summed E-state index contributed by atoms with van der Waals surface area (Å²) in [7, 11) is -2.03. The van der Waals surface area contributed by atoms with Crippen LogP contribution in [0.25, 0.3) is 0 Å². The van der Waals surface area contributed by atoms with E-state index in [-0.39, 0.29) is 0 Å². The molecule has 0 spiro atoms. The number of benzene rings is 1. The van der Waals surface area contributed by atoms with Gasteiger partial charge in [0, 0.05) is 29.4 Å². The third-order valence-electron chi connectivity index (χ3n) is 3.93. The monoisotopic (exact) mass is 398 g/mol. The first-order valence-corrected chi connectivity index (χ1v) is 17.0. The molecule has 0 aliphatic heterocycles. The lowest BCUT2D eigenvalue weighted by Gasteiger charge is -2.15. The van der Waals surface area contributed by atoms with Crippen LogP contribution in [-0.4, -0.2) is 49.6 Å². The second kappa shape index (κ2) is 11.9. The Labute approximate surface area is 162 Å². The fourth-order valence-corrected chi connectivity index (χ4v) is 3.56. The zero-order chi connectivity index (χ0) is 19.5. The highest BCUT2D eigenvalue weighted by Gasteiger charge is 2.12. The summed E-state index contributed by atoms with van der Waals surface area (Å²) in [5, 5.41) is 0. The molecule has 0 heterocycles. The maximum Gasteiger partial charge on any atom is 0.189 e. The largest absolute Gasteiger partial charge is 0.468 e. The molecule has 0 N–H and O–H groups in total. The van der Waals surface area contributed by atoms with Crippen molar-refractivity contribution < 1.29 is 18.9 Å². The van der Waals surface area contributed by atoms with Crippen LogP contribution >= 0.6 is 0 Å². The Morgan fingerprint density at radius 3 is 1.69 bits per heavy atom. The highest BCUT2D eigenvalue weighted by atomic mass is 28.3. The third-order valence-corrected chi connectivity index (χ3v) is 7.34. The molecule has 0 unspecified atom stereocenters. The van der Waals surface area contributed by atoms with E-state index in [0.29, 0.717) is 20.2 Å². The second-order valence-electron chi connectivity index (χ2n) is 9.12. The van der Waals surface area contributed by atoms with Crippen molar-refractivity contribution in [3.63, 3.8) is 0 Å². The summed E-state index contributed by atoms with van der Waals surface area (Å²) >= 11 is 0. The Kier molecular flexibility index (Phi) is 10.7. The highest BCUT2D eigenvalue weighted by molar-refractivity contribution is 6.76. The summed E-state index contributed by atoms with van der Waals surface area (Å²) in [5.74, 6) is 0.845. The van der Waals surface area contributed by atoms with Crippen molar-refractivity contribution in [2.24, 2.45) is 0 Å². The molecule has 0 radical (unpaired) electrons. The number of rotatable bonds is 14. The van der Waals surface area contributed by atoms with Crippen molar-refractivity contribution in [1.29, 1.82) is 0 Å². The predicted octanol–water partition coefficient (Wildman–Crippen LogP) is 5.25. The van der Waals surface area contributed by atoms with Crippen LogP contribution < -0.4 is 4.74 Å². The standard InChI is InChI=1S/C20H38O4Si2/c1-25(2,3)15-13-22-17-21-12-11-19-7-9-20(10-8-19)24-18-23-14-16-26(4,5)6/h7-10H,11-18H2,1-6H3. The van der Waals surface area contributed by atoms with E-state index < -0.39 is 16.1 Å². The molecule has 0 saturated heterocycles. The van der Waals surface area contributed by atoms with Crippen LogP contribution in [0.3, 0.4) is 0 Å². The van der Waals surface area contributed by atoms with Crippen LogP contribution in [0.1, 0.15) is 5.56 Å². The lowest BCUT2D eigenvalue weighted by molar-refractivity contribution is -0.0483. The van der Waals surface area contributed by atoms with E-state index in [1.807, 2.05) is 12.1 Å². The lowest BCUT2D eigenvalue weighted by atomic mass is 10.1. The van der Waals surface area contributed by atoms with Gasteiger partial charge in [-0.15, -0.1) is 0 Å². The Morgan fingerprint density at radius 1 is 0.654 bits per heavy atom. The molecular formula is C20H38O4Si2. The van der Waals surface area contributed by atoms with E-state index in [1.54, 1.807) is 0 Å². The van der Waals surface area contributed by atoms with Gasteiger partial charge in [-0.2, -0.15) is 0 Å². The molecule has 1 aromatic rings. The first-order valence-electron chi connectivity index (χ1n) is 9.61. The van der Waals surface area contributed by atoms with Gasteiger partial charge in [0.1, 0.15) is 12.5 Å². The van der Waals surface area contributed by atoms with Crippen LogP contribution in [-0.2, 0) is 20.6 Å². The van der Waals surface area contributed by atoms with Crippen LogP contribution in [0.5, 0.6) is 5.75 Å². The summed E-state index contributed by atoms with van der Waals surface area (Å²) in [4.78, 5) is 0. The second-order valence-corrected chi connectivity index (χ2v) is 20.4. The lowest BCUT2D eigenvalue weighted by Crippen LogP contribution is -2.22. The summed E-state index contributed by atoms with van der Waals surface area (Å²) in [6.45, 7) is 17.1. The van der Waals surface area contributed by atoms with Gasteiger partial charge in [-0.1, -0.05) is 51.4 Å². The van der Waals surface area contributed by atoms with Crippen LogP contribution in [0.4, 0.5) is 0 Å². The maximum absolute atomic E-state index is 5.62. The van der Waals surface area contributed by atoms with E-state index in [2.05, 4.69) is 51.4 Å². The van der Waals surface area contributed by atoms with E-state index in [4.69, 9.17) is 18.9 Å². The van der Waals surface area contributed by atoms with Crippen molar-refractivity contribution in [3.05, 3.63) is 29.8 Å². The average Bonchev–Trinajstić information content (AvgIpc) is 2.53. The van der Waals surface area contributed by atoms with Gasteiger partial charge >= 0.3 is 0 Å². The van der Waals surface area contributed by atoms with Crippen molar-refractivity contribution in [2.45, 2.75) is 57.8 Å². The topological polar surface area (TPSA) is 36.9 Å². The van der Waals surface area contributed by atoms with E-state index in [1.165, 1.54) is 11.6 Å². The third kappa shape index (κ3) is 13.5. The maximum atomic E-state index is 5.62. The normalized spacial score (nSPS) is 12.4. The Morgan fingerprint density at radius 2 is 1.15 bits per heavy atom. The van der Waals surface area contributed by atoms with E-state index in [9.17, 15) is 0 Å². The quantitative estimate of drug-likeness (QED) is 0.244. The Bertz CT molecular complexity index is 478. The van der Waals surface area contributed by atoms with Crippen molar-refractivity contribution in [3.8, 4) is 5.75 Å². The summed E-state index contributed by atoms with van der Waals surface area (Å²) in [6.07, 6.45) is 0.879. The molecule has 0 saturated carbocycles. The molecule has 1 aromatic carbocycles. The zero-order valence-corrected chi connectivity index (χ0v) is 19.6. The Hall–Kier alpha value is -0.666. The van der Waals surface area contributed by atoms with Crippen molar-refractivity contribution in [2.75, 3.05) is 33.4 Å². The summed E-state index contributed by atoms with van der Waals surface area (Å²) < 4.78 is 22.3. The van der Waals surface area contributed by atoms with Gasteiger partial charge in [0.15, 0.2) is 6.79 Å². The Balaban J connectivity index is 2.08. The molecule has 0 bridgehead atoms. The fraction of sp³-hybridized carbons (Fsp3) is 0.700. The van der Waals surface area contributed by atoms with E-state index >= 15 is 0 Å². The first-order chi connectivity index (χ1) is 12.2. The minimum Gasteiger partial charge on any atom is -0.468 e. The number of ether oxygens (including phenoxy) is 4. The average molecular weight is 399 g/mol. The molecule has 0 aliphatic rings. The predicted molar refractivity (Wildman–Crippen MR) is 115 cm³/mol. The molecule has 0 aliphatic carbocycles. The molecule has 1 rings (SSSR count). The summed E-state index contributed by atoms with van der Waals surface area (Å²) in [5.41, 5.74) is 1.24. The molecule has 0 fully saturated rings. The number of hydrogen-bond acceptors (Lipinski definition) is 4. The zero-order valence-electron chi connectivity index (χ0n) is 17.6. The number of hydrogen-bond donors (Lipinski definition) is 0. The highest BCUT2D eigenvalue weighted by Crippen LogP contribution is 2.13. The van der Waals surface area contributed by atoms with Crippen LogP contribution in [0.15, 0.2) is 24.3 Å². The minimum absolute atomic E-state index is 0.321. The molecule has 4 nitrogen and oxygen atoms in total. The van der Waals surface area contributed by atoms with Gasteiger partial charge in [-0.3, -0.25) is 0 Å². The molecule has 0 atom stereocenters. The molecule has 6 heteroatoms. The minimum atomic E-state index is -1.03. The van der Waals surface area contributed by atoms with Crippen LogP contribution in [0, 0.1) is 0 Å². The van der Waals surface area contributed by atoms with Gasteiger partial charge in [-0.25, -0.2) is 0 Å².